The molecule has 9 N–H and O–H groups in total. The van der Waals surface area contributed by atoms with Crippen LogP contribution in [0.1, 0.15) is 92.4 Å². The predicted octanol–water partition coefficient (Wildman–Crippen LogP) is 0.756. The number of aliphatic hydroxyl groups excluding tert-OH is 7. The van der Waals surface area contributed by atoms with E-state index in [2.05, 4.69) is 38.8 Å². The maximum atomic E-state index is 12.6. The van der Waals surface area contributed by atoms with Crippen molar-refractivity contribution in [3.05, 3.63) is 0 Å². The lowest BCUT2D eigenvalue weighted by Crippen LogP contribution is -2.68. The molecule has 292 valence electrons. The van der Waals surface area contributed by atoms with E-state index in [0.29, 0.717) is 25.7 Å². The predicted molar refractivity (Wildman–Crippen MR) is 178 cm³/mol. The van der Waals surface area contributed by atoms with Gasteiger partial charge in [0.2, 0.25) is 0 Å². The summed E-state index contributed by atoms with van der Waals surface area (Å²) in [6.07, 6.45) is -5.77. The van der Waals surface area contributed by atoms with E-state index in [-0.39, 0.29) is 54.0 Å². The van der Waals surface area contributed by atoms with Crippen molar-refractivity contribution in [3.8, 4) is 0 Å². The molecule has 0 amide bonds. The molecular weight excluding hydrogens is 676 g/mol. The molecule has 1 saturated heterocycles. The minimum atomic E-state index is -4.82. The lowest BCUT2D eigenvalue weighted by Gasteiger charge is -2.65. The highest BCUT2D eigenvalue weighted by molar-refractivity contribution is 7.80. The second kappa shape index (κ2) is 15.0. The standard InChI is InChI=1S/C35H62O14S/c1-17(2)19(10-13-47-32-30(42)28(40)26(38)23(49-32)16-48-50(44,45)46)7-6-18(3)25-27(39)29(41)31-34(25,5)12-9-24-33(4)11-8-20(36)14-21(33)22(37)15-35(24,31)43/h17-32,36-43H,6-16H2,1-5H3,(H,44,45,46)/t18-,19-,20+,21?,22+,23?,24?,25+,26?,27-,28?,29?,30?,31?,32?,33+,34-,35+/m1/s1. The van der Waals surface area contributed by atoms with Gasteiger partial charge in [0.1, 0.15) is 24.4 Å². The molecule has 14 nitrogen and oxygen atoms in total. The number of hydrogen-bond acceptors (Lipinski definition) is 13. The second-order valence-corrected chi connectivity index (χ2v) is 18.4. The Morgan fingerprint density at radius 1 is 0.840 bits per heavy atom. The summed E-state index contributed by atoms with van der Waals surface area (Å²) in [5.74, 6) is -0.803. The molecule has 4 aliphatic carbocycles. The fourth-order valence-electron chi connectivity index (χ4n) is 11.7. The van der Waals surface area contributed by atoms with Gasteiger partial charge in [-0.15, -0.1) is 0 Å². The fraction of sp³-hybridized carbons (Fsp3) is 1.00. The molecule has 9 unspecified atom stereocenters. The number of fused-ring (bicyclic) bond motifs is 5. The summed E-state index contributed by atoms with van der Waals surface area (Å²) in [6.45, 7) is 9.78. The van der Waals surface area contributed by atoms with Crippen molar-refractivity contribution < 1.29 is 67.5 Å². The van der Waals surface area contributed by atoms with Crippen LogP contribution in [0.3, 0.4) is 0 Å². The van der Waals surface area contributed by atoms with Crippen LogP contribution in [-0.4, -0.2) is 128 Å². The lowest BCUT2D eigenvalue weighted by atomic mass is 9.42. The molecule has 4 saturated carbocycles. The zero-order valence-corrected chi connectivity index (χ0v) is 30.8. The Hall–Kier alpha value is -0.530. The first-order valence-corrected chi connectivity index (χ1v) is 19.9. The van der Waals surface area contributed by atoms with Gasteiger partial charge >= 0.3 is 10.4 Å². The summed E-state index contributed by atoms with van der Waals surface area (Å²) < 4.78 is 46.4. The average Bonchev–Trinajstić information content (AvgIpc) is 3.23. The van der Waals surface area contributed by atoms with Gasteiger partial charge in [0.15, 0.2) is 6.29 Å². The van der Waals surface area contributed by atoms with Crippen molar-refractivity contribution in [2.75, 3.05) is 13.2 Å². The van der Waals surface area contributed by atoms with E-state index >= 15 is 0 Å². The summed E-state index contributed by atoms with van der Waals surface area (Å²) in [6, 6.07) is 0. The zero-order valence-electron chi connectivity index (χ0n) is 30.0. The number of rotatable bonds is 12. The molecule has 5 fully saturated rings. The second-order valence-electron chi connectivity index (χ2n) is 17.3. The Balaban J connectivity index is 1.22. The van der Waals surface area contributed by atoms with Gasteiger partial charge in [0.25, 0.3) is 0 Å². The molecule has 5 rings (SSSR count). The van der Waals surface area contributed by atoms with Crippen molar-refractivity contribution >= 4 is 10.4 Å². The largest absolute Gasteiger partial charge is 0.397 e. The summed E-state index contributed by atoms with van der Waals surface area (Å²) >= 11 is 0. The molecule has 0 spiro atoms. The van der Waals surface area contributed by atoms with Crippen molar-refractivity contribution in [1.82, 2.24) is 0 Å². The smallest absolute Gasteiger partial charge is 0.393 e. The fourth-order valence-corrected chi connectivity index (χ4v) is 12.0. The van der Waals surface area contributed by atoms with Crippen LogP contribution in [0.4, 0.5) is 0 Å². The van der Waals surface area contributed by atoms with Crippen molar-refractivity contribution in [2.45, 2.75) is 153 Å². The first-order chi connectivity index (χ1) is 23.2. The maximum Gasteiger partial charge on any atom is 0.397 e. The van der Waals surface area contributed by atoms with Gasteiger partial charge in [0.05, 0.1) is 43.2 Å². The van der Waals surface area contributed by atoms with E-state index in [1.807, 2.05) is 0 Å². The lowest BCUT2D eigenvalue weighted by molar-refractivity contribution is -0.300. The Kier molecular flexibility index (Phi) is 12.2. The molecule has 5 aliphatic rings. The molecule has 0 aromatic carbocycles. The number of aliphatic hydroxyl groups is 8. The molecule has 0 aromatic rings. The van der Waals surface area contributed by atoms with E-state index < -0.39 is 89.1 Å². The van der Waals surface area contributed by atoms with Crippen LogP contribution >= 0.6 is 0 Å². The third-order valence-corrected chi connectivity index (χ3v) is 14.6. The third kappa shape index (κ3) is 7.43. The summed E-state index contributed by atoms with van der Waals surface area (Å²) in [5, 5.41) is 88.5. The van der Waals surface area contributed by atoms with E-state index in [1.54, 1.807) is 0 Å². The Morgan fingerprint density at radius 2 is 1.50 bits per heavy atom. The molecule has 0 bridgehead atoms. The molecule has 15 heteroatoms. The van der Waals surface area contributed by atoms with Gasteiger partial charge in [-0.1, -0.05) is 41.0 Å². The van der Waals surface area contributed by atoms with Crippen molar-refractivity contribution in [1.29, 1.82) is 0 Å². The van der Waals surface area contributed by atoms with E-state index in [4.69, 9.17) is 14.0 Å². The van der Waals surface area contributed by atoms with Crippen LogP contribution in [0, 0.1) is 52.3 Å². The molecule has 0 aromatic heterocycles. The van der Waals surface area contributed by atoms with Crippen LogP contribution in [-0.2, 0) is 24.1 Å². The highest BCUT2D eigenvalue weighted by Crippen LogP contribution is 2.69. The Bertz CT molecular complexity index is 1270. The highest BCUT2D eigenvalue weighted by atomic mass is 32.3. The van der Waals surface area contributed by atoms with Crippen molar-refractivity contribution in [3.63, 3.8) is 0 Å². The number of ether oxygens (including phenoxy) is 2. The maximum absolute atomic E-state index is 12.6. The summed E-state index contributed by atoms with van der Waals surface area (Å²) in [4.78, 5) is 0. The SMILES string of the molecule is CC(C)[C@@H](CCOC1OC(COS(=O)(=O)O)C(O)C(O)C1O)CC[C@@H](C)[C@H]1[C@@H](O)C(O)C2[C@]3(O)C[C@H](O)C4C[C@@H](O)CC[C@]4(C)C3CC[C@@]21C. The zero-order chi connectivity index (χ0) is 37.1. The quantitative estimate of drug-likeness (QED) is 0.126. The minimum Gasteiger partial charge on any atom is -0.393 e. The first kappa shape index (κ1) is 40.7. The Labute approximate surface area is 296 Å². The van der Waals surface area contributed by atoms with E-state index in [9.17, 15) is 49.3 Å². The summed E-state index contributed by atoms with van der Waals surface area (Å²) in [7, 11) is -4.82. The van der Waals surface area contributed by atoms with Crippen LogP contribution in [0.25, 0.3) is 0 Å². The number of hydrogen-bond donors (Lipinski definition) is 9. The van der Waals surface area contributed by atoms with Gasteiger partial charge in [0, 0.05) is 12.3 Å². The first-order valence-electron chi connectivity index (χ1n) is 18.5. The average molecular weight is 739 g/mol. The molecular formula is C35H62O14S. The van der Waals surface area contributed by atoms with Crippen LogP contribution in [0.2, 0.25) is 0 Å². The minimum absolute atomic E-state index is 0.0117. The molecule has 0 radical (unpaired) electrons. The normalized spacial score (nSPS) is 49.2. The van der Waals surface area contributed by atoms with Crippen LogP contribution in [0.5, 0.6) is 0 Å². The highest BCUT2D eigenvalue weighted by Gasteiger charge is 2.72. The van der Waals surface area contributed by atoms with Gasteiger partial charge in [-0.3, -0.25) is 4.55 Å². The van der Waals surface area contributed by atoms with Crippen molar-refractivity contribution in [2.24, 2.45) is 52.3 Å². The van der Waals surface area contributed by atoms with Crippen LogP contribution < -0.4 is 0 Å². The molecule has 1 aliphatic heterocycles. The topological polar surface area (TPSA) is 244 Å². The molecule has 50 heavy (non-hydrogen) atoms. The van der Waals surface area contributed by atoms with Gasteiger partial charge < -0.3 is 50.3 Å². The van der Waals surface area contributed by atoms with E-state index in [1.165, 1.54) is 0 Å². The van der Waals surface area contributed by atoms with E-state index in [0.717, 1.165) is 25.7 Å². The third-order valence-electron chi connectivity index (χ3n) is 14.2. The van der Waals surface area contributed by atoms with Gasteiger partial charge in [-0.05, 0) is 91.3 Å². The van der Waals surface area contributed by atoms with Crippen LogP contribution in [0.15, 0.2) is 0 Å². The van der Waals surface area contributed by atoms with Gasteiger partial charge in [-0.25, -0.2) is 4.18 Å². The monoisotopic (exact) mass is 738 g/mol. The van der Waals surface area contributed by atoms with Gasteiger partial charge in [-0.2, -0.15) is 8.42 Å². The summed E-state index contributed by atoms with van der Waals surface area (Å²) in [5.41, 5.74) is -2.29. The Morgan fingerprint density at radius 3 is 2.14 bits per heavy atom. The molecule has 1 heterocycles. The molecule has 18 atom stereocenters.